The van der Waals surface area contributed by atoms with E-state index in [4.69, 9.17) is 0 Å². The highest BCUT2D eigenvalue weighted by molar-refractivity contribution is 7.19. The molecular formula is C20H26N4OS. The number of hydrogen-bond donors (Lipinski definition) is 1. The fourth-order valence-corrected chi connectivity index (χ4v) is 4.95. The first-order valence-corrected chi connectivity index (χ1v) is 10.2. The number of aromatic nitrogens is 3. The number of piperidine rings is 1. The van der Waals surface area contributed by atoms with E-state index in [-0.39, 0.29) is 6.10 Å². The Kier molecular flexibility index (Phi) is 5.07. The minimum atomic E-state index is -0.370. The zero-order valence-corrected chi connectivity index (χ0v) is 16.2. The zero-order chi connectivity index (χ0) is 18.1. The van der Waals surface area contributed by atoms with Gasteiger partial charge >= 0.3 is 0 Å². The van der Waals surface area contributed by atoms with Crippen molar-refractivity contribution >= 4 is 21.4 Å². The molecule has 1 atom stereocenters. The average molecular weight is 371 g/mol. The first-order valence-electron chi connectivity index (χ1n) is 9.38. The molecule has 1 saturated heterocycles. The van der Waals surface area contributed by atoms with Crippen LogP contribution in [-0.4, -0.2) is 44.2 Å². The molecule has 0 saturated carbocycles. The molecule has 1 unspecified atom stereocenters. The highest BCUT2D eigenvalue weighted by atomic mass is 32.1. The number of benzene rings is 1. The van der Waals surface area contributed by atoms with E-state index >= 15 is 0 Å². The van der Waals surface area contributed by atoms with Gasteiger partial charge in [0, 0.05) is 41.8 Å². The van der Waals surface area contributed by atoms with Crippen molar-refractivity contribution in [3.05, 3.63) is 46.6 Å². The molecular weight excluding hydrogens is 344 g/mol. The molecule has 0 radical (unpaired) electrons. The highest BCUT2D eigenvalue weighted by Gasteiger charge is 2.23. The van der Waals surface area contributed by atoms with Crippen LogP contribution in [0.4, 0.5) is 0 Å². The van der Waals surface area contributed by atoms with Crippen LogP contribution in [0.1, 0.15) is 41.9 Å². The van der Waals surface area contributed by atoms with Crippen LogP contribution in [0.25, 0.3) is 10.1 Å². The van der Waals surface area contributed by atoms with Gasteiger partial charge in [0.05, 0.1) is 17.8 Å². The van der Waals surface area contributed by atoms with Gasteiger partial charge in [0.15, 0.2) is 0 Å². The maximum Gasteiger partial charge on any atom is 0.0852 e. The van der Waals surface area contributed by atoms with Gasteiger partial charge in [-0.2, -0.15) is 0 Å². The van der Waals surface area contributed by atoms with Crippen molar-refractivity contribution in [2.75, 3.05) is 13.1 Å². The molecule has 3 heterocycles. The SMILES string of the molecule is Cc1sc2ccccc2c1CN1CCC(n2cc(CC(C)O)nn2)CC1. The summed E-state index contributed by atoms with van der Waals surface area (Å²) in [6, 6.07) is 9.15. The quantitative estimate of drug-likeness (QED) is 0.746. The van der Waals surface area contributed by atoms with E-state index in [2.05, 4.69) is 46.4 Å². The normalized spacial score (nSPS) is 17.8. The van der Waals surface area contributed by atoms with Crippen molar-refractivity contribution < 1.29 is 5.11 Å². The molecule has 1 N–H and O–H groups in total. The molecule has 1 fully saturated rings. The monoisotopic (exact) mass is 370 g/mol. The number of nitrogens with zero attached hydrogens (tertiary/aromatic N) is 4. The van der Waals surface area contributed by atoms with Gasteiger partial charge in [0.2, 0.25) is 0 Å². The predicted octanol–water partition coefficient (Wildman–Crippen LogP) is 3.56. The van der Waals surface area contributed by atoms with E-state index in [1.54, 1.807) is 6.92 Å². The second-order valence-electron chi connectivity index (χ2n) is 7.38. The number of fused-ring (bicyclic) bond motifs is 1. The van der Waals surface area contributed by atoms with Crippen molar-refractivity contribution in [3.8, 4) is 0 Å². The summed E-state index contributed by atoms with van der Waals surface area (Å²) in [6.07, 6.45) is 4.40. The second-order valence-corrected chi connectivity index (χ2v) is 8.64. The molecule has 4 rings (SSSR count). The zero-order valence-electron chi connectivity index (χ0n) is 15.4. The Morgan fingerprint density at radius 3 is 2.81 bits per heavy atom. The van der Waals surface area contributed by atoms with E-state index in [1.807, 2.05) is 22.2 Å². The topological polar surface area (TPSA) is 54.2 Å². The van der Waals surface area contributed by atoms with E-state index < -0.39 is 0 Å². The first-order chi connectivity index (χ1) is 12.6. The number of aliphatic hydroxyl groups excluding tert-OH is 1. The van der Waals surface area contributed by atoms with Gasteiger partial charge in [-0.3, -0.25) is 4.90 Å². The lowest BCUT2D eigenvalue weighted by Crippen LogP contribution is -2.34. The van der Waals surface area contributed by atoms with Crippen LogP contribution in [0.15, 0.2) is 30.5 Å². The standard InChI is InChI=1S/C20H26N4OS/c1-14(25)11-16-12-24(22-21-16)17-7-9-23(10-8-17)13-19-15(2)26-20-6-4-3-5-18(19)20/h3-6,12,14,17,25H,7-11,13H2,1-2H3. The van der Waals surface area contributed by atoms with E-state index in [1.165, 1.54) is 20.5 Å². The molecule has 138 valence electrons. The number of rotatable bonds is 5. The molecule has 1 aliphatic rings. The lowest BCUT2D eigenvalue weighted by atomic mass is 10.0. The molecule has 0 aliphatic carbocycles. The van der Waals surface area contributed by atoms with Crippen LogP contribution in [0, 0.1) is 6.92 Å². The fourth-order valence-electron chi connectivity index (χ4n) is 3.87. The molecule has 3 aromatic rings. The number of aryl methyl sites for hydroxylation is 1. The summed E-state index contributed by atoms with van der Waals surface area (Å²) in [5.74, 6) is 0. The van der Waals surface area contributed by atoms with Crippen LogP contribution in [0.5, 0.6) is 0 Å². The summed E-state index contributed by atoms with van der Waals surface area (Å²) >= 11 is 1.90. The fraction of sp³-hybridized carbons (Fsp3) is 0.500. The minimum Gasteiger partial charge on any atom is -0.393 e. The number of likely N-dealkylation sites (tertiary alicyclic amines) is 1. The Morgan fingerprint density at radius 2 is 2.04 bits per heavy atom. The highest BCUT2D eigenvalue weighted by Crippen LogP contribution is 2.32. The molecule has 0 bridgehead atoms. The predicted molar refractivity (Wildman–Crippen MR) is 106 cm³/mol. The molecule has 26 heavy (non-hydrogen) atoms. The largest absolute Gasteiger partial charge is 0.393 e. The minimum absolute atomic E-state index is 0.370. The summed E-state index contributed by atoms with van der Waals surface area (Å²) < 4.78 is 3.39. The maximum atomic E-state index is 9.50. The molecule has 6 heteroatoms. The van der Waals surface area contributed by atoms with Gasteiger partial charge in [-0.25, -0.2) is 4.68 Å². The van der Waals surface area contributed by atoms with Gasteiger partial charge in [-0.05, 0) is 43.7 Å². The van der Waals surface area contributed by atoms with Crippen molar-refractivity contribution in [3.63, 3.8) is 0 Å². The summed E-state index contributed by atoms with van der Waals surface area (Å²) in [5, 5.41) is 19.4. The number of hydrogen-bond acceptors (Lipinski definition) is 5. The van der Waals surface area contributed by atoms with Crippen LogP contribution in [-0.2, 0) is 13.0 Å². The maximum absolute atomic E-state index is 9.50. The summed E-state index contributed by atoms with van der Waals surface area (Å²) in [7, 11) is 0. The molecule has 1 aromatic carbocycles. The van der Waals surface area contributed by atoms with Gasteiger partial charge in [0.25, 0.3) is 0 Å². The van der Waals surface area contributed by atoms with Crippen molar-refractivity contribution in [2.24, 2.45) is 0 Å². The Hall–Kier alpha value is -1.76. The summed E-state index contributed by atoms with van der Waals surface area (Å²) in [6.45, 7) is 7.23. The summed E-state index contributed by atoms with van der Waals surface area (Å²) in [4.78, 5) is 4.00. The van der Waals surface area contributed by atoms with Crippen molar-refractivity contribution in [1.82, 2.24) is 19.9 Å². The summed E-state index contributed by atoms with van der Waals surface area (Å²) in [5.41, 5.74) is 2.37. The third-order valence-electron chi connectivity index (χ3n) is 5.28. The van der Waals surface area contributed by atoms with Crippen molar-refractivity contribution in [2.45, 2.75) is 51.8 Å². The second kappa shape index (κ2) is 7.47. The Morgan fingerprint density at radius 1 is 1.27 bits per heavy atom. The van der Waals surface area contributed by atoms with Crippen LogP contribution < -0.4 is 0 Å². The lowest BCUT2D eigenvalue weighted by molar-refractivity contribution is 0.172. The smallest absolute Gasteiger partial charge is 0.0852 e. The van der Waals surface area contributed by atoms with Crippen LogP contribution >= 0.6 is 11.3 Å². The molecule has 0 amide bonds. The third kappa shape index (κ3) is 3.68. The number of thiophene rings is 1. The Labute approximate surface area is 158 Å². The van der Waals surface area contributed by atoms with Gasteiger partial charge in [-0.15, -0.1) is 16.4 Å². The van der Waals surface area contributed by atoms with Gasteiger partial charge < -0.3 is 5.11 Å². The first kappa shape index (κ1) is 17.6. The van der Waals surface area contributed by atoms with Crippen LogP contribution in [0.2, 0.25) is 0 Å². The van der Waals surface area contributed by atoms with Crippen molar-refractivity contribution in [1.29, 1.82) is 0 Å². The van der Waals surface area contributed by atoms with E-state index in [0.717, 1.165) is 38.2 Å². The molecule has 1 aliphatic heterocycles. The number of aliphatic hydroxyl groups is 1. The lowest BCUT2D eigenvalue weighted by Gasteiger charge is -2.31. The molecule has 5 nitrogen and oxygen atoms in total. The Balaban J connectivity index is 1.39. The van der Waals surface area contributed by atoms with Gasteiger partial charge in [-0.1, -0.05) is 23.4 Å². The van der Waals surface area contributed by atoms with Gasteiger partial charge in [0.1, 0.15) is 0 Å². The van der Waals surface area contributed by atoms with Crippen LogP contribution in [0.3, 0.4) is 0 Å². The third-order valence-corrected chi connectivity index (χ3v) is 6.40. The average Bonchev–Trinajstić information content (AvgIpc) is 3.20. The van der Waals surface area contributed by atoms with E-state index in [0.29, 0.717) is 12.5 Å². The molecule has 2 aromatic heterocycles. The Bertz CT molecular complexity index is 877. The van der Waals surface area contributed by atoms with E-state index in [9.17, 15) is 5.11 Å². The molecule has 0 spiro atoms.